The van der Waals surface area contributed by atoms with E-state index in [0.717, 1.165) is 12.2 Å². The predicted octanol–water partition coefficient (Wildman–Crippen LogP) is 4.45. The van der Waals surface area contributed by atoms with Crippen molar-refractivity contribution in [1.82, 2.24) is 14.4 Å². The third-order valence-corrected chi connectivity index (χ3v) is 5.81. The van der Waals surface area contributed by atoms with Gasteiger partial charge < -0.3 is 19.1 Å². The van der Waals surface area contributed by atoms with Gasteiger partial charge in [0.2, 0.25) is 5.91 Å². The van der Waals surface area contributed by atoms with Crippen LogP contribution in [0, 0.1) is 0 Å². The fourth-order valence-corrected chi connectivity index (χ4v) is 3.93. The van der Waals surface area contributed by atoms with E-state index in [1.54, 1.807) is 24.1 Å². The molecule has 0 aliphatic rings. The first kappa shape index (κ1) is 25.2. The van der Waals surface area contributed by atoms with Gasteiger partial charge in [0, 0.05) is 50.3 Å². The molecule has 0 aliphatic carbocycles. The van der Waals surface area contributed by atoms with Crippen LogP contribution in [0.2, 0.25) is 0 Å². The minimum Gasteiger partial charge on any atom is -0.385 e. The molecule has 1 aromatic heterocycles. The number of hydrogen-bond donors (Lipinski definition) is 0. The van der Waals surface area contributed by atoms with Crippen molar-refractivity contribution >= 4 is 11.8 Å². The normalized spacial score (nSPS) is 10.9. The molecule has 3 rings (SSSR count). The van der Waals surface area contributed by atoms with Gasteiger partial charge in [-0.1, -0.05) is 48.5 Å². The summed E-state index contributed by atoms with van der Waals surface area (Å²) in [6.45, 7) is 6.29. The topological polar surface area (TPSA) is 54.8 Å². The number of rotatable bonds is 12. The van der Waals surface area contributed by atoms with Gasteiger partial charge in [0.05, 0.1) is 6.54 Å². The molecule has 0 unspecified atom stereocenters. The summed E-state index contributed by atoms with van der Waals surface area (Å²) < 4.78 is 7.33. The zero-order valence-corrected chi connectivity index (χ0v) is 20.4. The van der Waals surface area contributed by atoms with Gasteiger partial charge in [-0.05, 0) is 50.1 Å². The van der Waals surface area contributed by atoms with Crippen molar-refractivity contribution < 1.29 is 14.3 Å². The number of ether oxygens (including phenoxy) is 1. The van der Waals surface area contributed by atoms with Crippen LogP contribution in [-0.4, -0.2) is 59.0 Å². The quantitative estimate of drug-likeness (QED) is 0.375. The van der Waals surface area contributed by atoms with Gasteiger partial charge in [0.1, 0.15) is 6.54 Å². The SMILES string of the molecule is COCCCN(CC(=O)N(Cc1cccn1Cc1ccccc1)C(C)C)C(=O)c1ccccc1. The number of nitrogens with zero attached hydrogens (tertiary/aromatic N) is 3. The van der Waals surface area contributed by atoms with Gasteiger partial charge in [-0.15, -0.1) is 0 Å². The van der Waals surface area contributed by atoms with E-state index in [0.29, 0.717) is 31.7 Å². The zero-order valence-electron chi connectivity index (χ0n) is 20.4. The number of hydrogen-bond acceptors (Lipinski definition) is 3. The summed E-state index contributed by atoms with van der Waals surface area (Å²) in [6.07, 6.45) is 2.71. The maximum Gasteiger partial charge on any atom is 0.254 e. The van der Waals surface area contributed by atoms with E-state index < -0.39 is 0 Å². The van der Waals surface area contributed by atoms with Crippen LogP contribution < -0.4 is 0 Å². The Morgan fingerprint density at radius 3 is 2.26 bits per heavy atom. The first-order valence-corrected chi connectivity index (χ1v) is 11.8. The average Bonchev–Trinajstić information content (AvgIpc) is 3.29. The molecule has 0 aliphatic heterocycles. The molecule has 0 fully saturated rings. The largest absolute Gasteiger partial charge is 0.385 e. The predicted molar refractivity (Wildman–Crippen MR) is 135 cm³/mol. The Bertz CT molecular complexity index is 1030. The van der Waals surface area contributed by atoms with Gasteiger partial charge in [0.25, 0.3) is 5.91 Å². The van der Waals surface area contributed by atoms with Gasteiger partial charge in [0.15, 0.2) is 0 Å². The van der Waals surface area contributed by atoms with Gasteiger partial charge in [-0.2, -0.15) is 0 Å². The summed E-state index contributed by atoms with van der Waals surface area (Å²) in [5.74, 6) is -0.203. The van der Waals surface area contributed by atoms with Crippen molar-refractivity contribution in [2.24, 2.45) is 0 Å². The summed E-state index contributed by atoms with van der Waals surface area (Å²) in [5, 5.41) is 0. The summed E-state index contributed by atoms with van der Waals surface area (Å²) in [5.41, 5.74) is 2.85. The number of carbonyl (C=O) groups is 2. The highest BCUT2D eigenvalue weighted by Gasteiger charge is 2.24. The summed E-state index contributed by atoms with van der Waals surface area (Å²) >= 11 is 0. The lowest BCUT2D eigenvalue weighted by molar-refractivity contribution is -0.134. The number of amides is 2. The van der Waals surface area contributed by atoms with Crippen LogP contribution in [0.5, 0.6) is 0 Å². The molecule has 0 saturated carbocycles. The molecule has 0 spiro atoms. The summed E-state index contributed by atoms with van der Waals surface area (Å²) in [6, 6.07) is 23.5. The van der Waals surface area contributed by atoms with Crippen molar-refractivity contribution in [2.45, 2.75) is 39.4 Å². The fraction of sp³-hybridized carbons (Fsp3) is 0.357. The van der Waals surface area contributed by atoms with Crippen LogP contribution in [0.3, 0.4) is 0 Å². The second-order valence-electron chi connectivity index (χ2n) is 8.67. The Morgan fingerprint density at radius 1 is 0.941 bits per heavy atom. The lowest BCUT2D eigenvalue weighted by atomic mass is 10.2. The van der Waals surface area contributed by atoms with E-state index in [1.165, 1.54) is 5.56 Å². The van der Waals surface area contributed by atoms with Crippen LogP contribution in [0.25, 0.3) is 0 Å². The van der Waals surface area contributed by atoms with Crippen molar-refractivity contribution in [3.8, 4) is 0 Å². The molecular weight excluding hydrogens is 426 g/mol. The maximum atomic E-state index is 13.5. The second kappa shape index (κ2) is 12.8. The zero-order chi connectivity index (χ0) is 24.3. The first-order chi connectivity index (χ1) is 16.5. The Balaban J connectivity index is 1.73. The number of methoxy groups -OCH3 is 1. The van der Waals surface area contributed by atoms with Crippen LogP contribution in [-0.2, 0) is 22.6 Å². The Kier molecular flexibility index (Phi) is 9.47. The highest BCUT2D eigenvalue weighted by atomic mass is 16.5. The standard InChI is InChI=1S/C28H35N3O3/c1-23(2)31(21-26-16-10-17-29(26)20-24-12-6-4-7-13-24)27(32)22-30(18-11-19-34-3)28(33)25-14-8-5-9-15-25/h4-10,12-17,23H,11,18-22H2,1-3H3. The van der Waals surface area contributed by atoms with Crippen LogP contribution in [0.4, 0.5) is 0 Å². The maximum absolute atomic E-state index is 13.5. The molecule has 0 atom stereocenters. The van der Waals surface area contributed by atoms with E-state index in [-0.39, 0.29) is 24.4 Å². The van der Waals surface area contributed by atoms with Gasteiger partial charge in [-0.3, -0.25) is 9.59 Å². The van der Waals surface area contributed by atoms with Crippen LogP contribution >= 0.6 is 0 Å². The third-order valence-electron chi connectivity index (χ3n) is 5.81. The minimum atomic E-state index is -0.138. The van der Waals surface area contributed by atoms with Crippen LogP contribution in [0.15, 0.2) is 79.0 Å². The smallest absolute Gasteiger partial charge is 0.254 e. The fourth-order valence-electron chi connectivity index (χ4n) is 3.93. The highest BCUT2D eigenvalue weighted by molar-refractivity contribution is 5.96. The van der Waals surface area contributed by atoms with E-state index >= 15 is 0 Å². The molecular formula is C28H35N3O3. The van der Waals surface area contributed by atoms with E-state index in [1.807, 2.05) is 67.4 Å². The second-order valence-corrected chi connectivity index (χ2v) is 8.67. The van der Waals surface area contributed by atoms with Crippen LogP contribution in [0.1, 0.15) is 41.9 Å². The minimum absolute atomic E-state index is 0.000211. The van der Waals surface area contributed by atoms with E-state index in [4.69, 9.17) is 4.74 Å². The Morgan fingerprint density at radius 2 is 1.62 bits per heavy atom. The number of aromatic nitrogens is 1. The molecule has 0 bridgehead atoms. The average molecular weight is 462 g/mol. The van der Waals surface area contributed by atoms with Crippen molar-refractivity contribution in [2.75, 3.05) is 26.8 Å². The molecule has 180 valence electrons. The van der Waals surface area contributed by atoms with E-state index in [9.17, 15) is 9.59 Å². The first-order valence-electron chi connectivity index (χ1n) is 11.8. The molecule has 2 aromatic carbocycles. The number of benzene rings is 2. The van der Waals surface area contributed by atoms with Crippen molar-refractivity contribution in [1.29, 1.82) is 0 Å². The number of carbonyl (C=O) groups excluding carboxylic acids is 2. The van der Waals surface area contributed by atoms with Crippen molar-refractivity contribution in [3.05, 3.63) is 95.8 Å². The third kappa shape index (κ3) is 7.06. The molecule has 1 heterocycles. The molecule has 0 saturated heterocycles. The van der Waals surface area contributed by atoms with Gasteiger partial charge >= 0.3 is 0 Å². The molecule has 3 aromatic rings. The molecule has 0 N–H and O–H groups in total. The molecule has 2 amide bonds. The molecule has 34 heavy (non-hydrogen) atoms. The molecule has 6 nitrogen and oxygen atoms in total. The van der Waals surface area contributed by atoms with Gasteiger partial charge in [-0.25, -0.2) is 0 Å². The van der Waals surface area contributed by atoms with Crippen molar-refractivity contribution in [3.63, 3.8) is 0 Å². The Hall–Kier alpha value is -3.38. The highest BCUT2D eigenvalue weighted by Crippen LogP contribution is 2.14. The lowest BCUT2D eigenvalue weighted by Crippen LogP contribution is -2.45. The Labute approximate surface area is 202 Å². The monoisotopic (exact) mass is 461 g/mol. The van der Waals surface area contributed by atoms with E-state index in [2.05, 4.69) is 22.8 Å². The molecule has 0 radical (unpaired) electrons. The molecule has 6 heteroatoms. The summed E-state index contributed by atoms with van der Waals surface area (Å²) in [4.78, 5) is 30.1. The lowest BCUT2D eigenvalue weighted by Gasteiger charge is -2.31. The summed E-state index contributed by atoms with van der Waals surface area (Å²) in [7, 11) is 1.64.